The van der Waals surface area contributed by atoms with Gasteiger partial charge in [0.05, 0.1) is 18.2 Å². The second-order valence-corrected chi connectivity index (χ2v) is 4.90. The molecule has 0 aliphatic heterocycles. The molecule has 24 heavy (non-hydrogen) atoms. The summed E-state index contributed by atoms with van der Waals surface area (Å²) >= 11 is 0. The van der Waals surface area contributed by atoms with Gasteiger partial charge in [-0.05, 0) is 6.42 Å². The van der Waals surface area contributed by atoms with Gasteiger partial charge in [-0.3, -0.25) is 23.9 Å². The van der Waals surface area contributed by atoms with Gasteiger partial charge in [-0.15, -0.1) is 0 Å². The zero-order chi connectivity index (χ0) is 18.5. The largest absolute Gasteiger partial charge is 0.462 e. The summed E-state index contributed by atoms with van der Waals surface area (Å²) in [6.07, 6.45) is 2.70. The lowest BCUT2D eigenvalue weighted by Crippen LogP contribution is -2.33. The number of ether oxygens (including phenoxy) is 2. The van der Waals surface area contributed by atoms with Crippen LogP contribution in [0.5, 0.6) is 0 Å². The number of carbonyl (C=O) groups is 2. The van der Waals surface area contributed by atoms with Crippen LogP contribution < -0.4 is 17.0 Å². The summed E-state index contributed by atoms with van der Waals surface area (Å²) in [5.41, 5.74) is 3.61. The van der Waals surface area contributed by atoms with Crippen molar-refractivity contribution in [2.45, 2.75) is 39.3 Å². The van der Waals surface area contributed by atoms with E-state index in [9.17, 15) is 19.2 Å². The fraction of sp³-hybridized carbons (Fsp3) is 0.600. The van der Waals surface area contributed by atoms with Crippen LogP contribution in [0.25, 0.3) is 0 Å². The zero-order valence-corrected chi connectivity index (χ0v) is 14.2. The lowest BCUT2D eigenvalue weighted by atomic mass is 10.2. The Labute approximate surface area is 139 Å². The number of H-pyrrole nitrogens is 1. The Kier molecular flexibility index (Phi) is 11.0. The van der Waals surface area contributed by atoms with Crippen molar-refractivity contribution >= 4 is 12.3 Å². The van der Waals surface area contributed by atoms with E-state index in [0.717, 1.165) is 0 Å². The van der Waals surface area contributed by atoms with Crippen LogP contribution in [0, 0.1) is 0 Å². The van der Waals surface area contributed by atoms with E-state index in [1.807, 2.05) is 4.98 Å². The molecule has 1 aromatic rings. The summed E-state index contributed by atoms with van der Waals surface area (Å²) in [7, 11) is 1.44. The molecule has 0 spiro atoms. The SMILES string of the molecule is CCC.COC(CCn1cc(C=O)c(=O)[nH]c1=O)COC(=O)CN. The number of nitrogens with one attached hydrogen (secondary N) is 1. The van der Waals surface area contributed by atoms with Crippen LogP contribution in [0.3, 0.4) is 0 Å². The third kappa shape index (κ3) is 7.84. The van der Waals surface area contributed by atoms with E-state index < -0.39 is 23.3 Å². The molecular weight excluding hydrogens is 318 g/mol. The Morgan fingerprint density at radius 1 is 1.42 bits per heavy atom. The van der Waals surface area contributed by atoms with Gasteiger partial charge < -0.3 is 15.2 Å². The molecule has 0 fully saturated rings. The number of nitrogens with two attached hydrogens (primary N) is 1. The lowest BCUT2D eigenvalue weighted by molar-refractivity contribution is -0.145. The fourth-order valence-electron chi connectivity index (χ4n) is 1.57. The van der Waals surface area contributed by atoms with E-state index in [1.54, 1.807) is 0 Å². The first kappa shape index (κ1) is 21.7. The molecule has 3 N–H and O–H groups in total. The summed E-state index contributed by atoms with van der Waals surface area (Å²) in [6, 6.07) is 0. The quantitative estimate of drug-likeness (QED) is 0.488. The Hall–Kier alpha value is -2.26. The molecule has 0 aromatic carbocycles. The van der Waals surface area contributed by atoms with Gasteiger partial charge in [-0.2, -0.15) is 0 Å². The van der Waals surface area contributed by atoms with E-state index in [2.05, 4.69) is 13.8 Å². The van der Waals surface area contributed by atoms with Crippen molar-refractivity contribution in [1.29, 1.82) is 0 Å². The molecule has 0 aliphatic carbocycles. The predicted octanol–water partition coefficient (Wildman–Crippen LogP) is -0.328. The highest BCUT2D eigenvalue weighted by atomic mass is 16.6. The average Bonchev–Trinajstić information content (AvgIpc) is 2.56. The molecule has 1 atom stereocenters. The lowest BCUT2D eigenvalue weighted by Gasteiger charge is -2.15. The summed E-state index contributed by atoms with van der Waals surface area (Å²) in [4.78, 5) is 46.5. The van der Waals surface area contributed by atoms with Crippen LogP contribution in [0.2, 0.25) is 0 Å². The van der Waals surface area contributed by atoms with E-state index in [-0.39, 0.29) is 25.3 Å². The third-order valence-electron chi connectivity index (χ3n) is 2.79. The van der Waals surface area contributed by atoms with E-state index in [4.69, 9.17) is 15.2 Å². The minimum atomic E-state index is -0.730. The van der Waals surface area contributed by atoms with Gasteiger partial charge in [0.15, 0.2) is 6.29 Å². The number of rotatable bonds is 8. The number of carbonyl (C=O) groups excluding carboxylic acids is 2. The molecular formula is C15H25N3O6. The molecule has 0 saturated heterocycles. The highest BCUT2D eigenvalue weighted by Crippen LogP contribution is 2.00. The predicted molar refractivity (Wildman–Crippen MR) is 88.1 cm³/mol. The molecule has 1 rings (SSSR count). The number of hydrogen-bond acceptors (Lipinski definition) is 7. The van der Waals surface area contributed by atoms with Gasteiger partial charge in [0, 0.05) is 19.9 Å². The molecule has 0 amide bonds. The molecule has 9 nitrogen and oxygen atoms in total. The number of aldehydes is 1. The Morgan fingerprint density at radius 2 is 2.04 bits per heavy atom. The molecule has 1 aromatic heterocycles. The summed E-state index contributed by atoms with van der Waals surface area (Å²) in [5.74, 6) is -0.554. The van der Waals surface area contributed by atoms with Gasteiger partial charge in [-0.1, -0.05) is 20.3 Å². The monoisotopic (exact) mass is 343 g/mol. The van der Waals surface area contributed by atoms with Gasteiger partial charge in [-0.25, -0.2) is 4.79 Å². The number of hydrogen-bond donors (Lipinski definition) is 2. The summed E-state index contributed by atoms with van der Waals surface area (Å²) < 4.78 is 11.1. The minimum Gasteiger partial charge on any atom is -0.462 e. The first-order valence-electron chi connectivity index (χ1n) is 7.60. The second kappa shape index (κ2) is 12.2. The molecule has 0 bridgehead atoms. The topological polar surface area (TPSA) is 133 Å². The molecule has 1 unspecified atom stereocenters. The van der Waals surface area contributed by atoms with Crippen LogP contribution in [-0.2, 0) is 20.8 Å². The Balaban J connectivity index is 0.00000163. The van der Waals surface area contributed by atoms with Crippen LogP contribution in [0.1, 0.15) is 37.0 Å². The number of esters is 1. The van der Waals surface area contributed by atoms with Crippen molar-refractivity contribution in [3.8, 4) is 0 Å². The number of aryl methyl sites for hydroxylation is 1. The van der Waals surface area contributed by atoms with Gasteiger partial charge in [0.25, 0.3) is 5.56 Å². The van der Waals surface area contributed by atoms with Crippen molar-refractivity contribution in [1.82, 2.24) is 9.55 Å². The molecule has 0 aliphatic rings. The standard InChI is InChI=1S/C12H17N3O6.C3H8/c1-20-9(7-21-10(17)4-13)2-3-15-5-8(6-16)11(18)14-12(15)19;1-3-2/h5-6,9H,2-4,7,13H2,1H3,(H,14,18,19);3H2,1-2H3. The first-order chi connectivity index (χ1) is 11.4. The molecule has 136 valence electrons. The highest BCUT2D eigenvalue weighted by molar-refractivity contribution is 5.73. The first-order valence-corrected chi connectivity index (χ1v) is 7.60. The third-order valence-corrected chi connectivity index (χ3v) is 2.79. The minimum absolute atomic E-state index is 0.00513. The maximum Gasteiger partial charge on any atom is 0.328 e. The second-order valence-electron chi connectivity index (χ2n) is 4.90. The molecule has 0 saturated carbocycles. The van der Waals surface area contributed by atoms with Crippen molar-refractivity contribution in [3.05, 3.63) is 32.6 Å². The Morgan fingerprint density at radius 3 is 2.54 bits per heavy atom. The van der Waals surface area contributed by atoms with Crippen LogP contribution in [0.4, 0.5) is 0 Å². The van der Waals surface area contributed by atoms with Crippen LogP contribution in [0.15, 0.2) is 15.8 Å². The highest BCUT2D eigenvalue weighted by Gasteiger charge is 2.12. The van der Waals surface area contributed by atoms with Crippen LogP contribution in [-0.4, -0.2) is 48.2 Å². The van der Waals surface area contributed by atoms with E-state index >= 15 is 0 Å². The zero-order valence-electron chi connectivity index (χ0n) is 14.2. The Bertz CT molecular complexity index is 622. The van der Waals surface area contributed by atoms with Crippen LogP contribution >= 0.6 is 0 Å². The van der Waals surface area contributed by atoms with Gasteiger partial charge in [0.2, 0.25) is 0 Å². The van der Waals surface area contributed by atoms with Crippen molar-refractivity contribution in [2.75, 3.05) is 20.3 Å². The number of aromatic nitrogens is 2. The average molecular weight is 343 g/mol. The summed E-state index contributed by atoms with van der Waals surface area (Å²) in [5, 5.41) is 0. The van der Waals surface area contributed by atoms with Crippen molar-refractivity contribution in [3.63, 3.8) is 0 Å². The molecule has 1 heterocycles. The summed E-state index contributed by atoms with van der Waals surface area (Å²) in [6.45, 7) is 4.22. The van der Waals surface area contributed by atoms with Gasteiger partial charge >= 0.3 is 11.7 Å². The smallest absolute Gasteiger partial charge is 0.328 e. The maximum atomic E-state index is 11.6. The molecule has 9 heteroatoms. The number of methoxy groups -OCH3 is 1. The van der Waals surface area contributed by atoms with Crippen molar-refractivity contribution < 1.29 is 19.1 Å². The fourth-order valence-corrected chi connectivity index (χ4v) is 1.57. The maximum absolute atomic E-state index is 11.6. The number of nitrogens with zero attached hydrogens (tertiary/aromatic N) is 1. The molecule has 0 radical (unpaired) electrons. The normalized spacial score (nSPS) is 11.2. The van der Waals surface area contributed by atoms with Crippen molar-refractivity contribution in [2.24, 2.45) is 5.73 Å². The van der Waals surface area contributed by atoms with E-state index in [1.165, 1.54) is 24.3 Å². The van der Waals surface area contributed by atoms with E-state index in [0.29, 0.717) is 12.7 Å². The number of aromatic amines is 1. The van der Waals surface area contributed by atoms with Gasteiger partial charge in [0.1, 0.15) is 6.61 Å².